The van der Waals surface area contributed by atoms with E-state index in [9.17, 15) is 9.90 Å². The molecule has 0 bridgehead atoms. The number of anilines is 2. The first-order chi connectivity index (χ1) is 12.5. The number of hydrogen-bond donors (Lipinski definition) is 3. The molecule has 140 valence electrons. The summed E-state index contributed by atoms with van der Waals surface area (Å²) in [5.74, 6) is 1.45. The number of carbonyl (C=O) groups excluding carboxylic acids is 1. The van der Waals surface area contributed by atoms with Crippen molar-refractivity contribution in [1.29, 1.82) is 0 Å². The lowest BCUT2D eigenvalue weighted by Crippen LogP contribution is -2.50. The third-order valence-corrected chi connectivity index (χ3v) is 6.75. The Morgan fingerprint density at radius 1 is 1.27 bits per heavy atom. The average molecular weight is 357 g/mol. The fourth-order valence-corrected chi connectivity index (χ4v) is 4.99. The zero-order valence-corrected chi connectivity index (χ0v) is 15.3. The van der Waals surface area contributed by atoms with Crippen molar-refractivity contribution >= 4 is 17.7 Å². The number of nitrogens with zero attached hydrogens (tertiary/aromatic N) is 3. The minimum Gasteiger partial charge on any atom is -0.388 e. The van der Waals surface area contributed by atoms with Crippen molar-refractivity contribution in [2.24, 2.45) is 0 Å². The fourth-order valence-electron chi connectivity index (χ4n) is 4.99. The van der Waals surface area contributed by atoms with E-state index >= 15 is 0 Å². The molecule has 2 saturated carbocycles. The van der Waals surface area contributed by atoms with Crippen molar-refractivity contribution in [3.8, 4) is 0 Å². The molecule has 26 heavy (non-hydrogen) atoms. The van der Waals surface area contributed by atoms with E-state index < -0.39 is 11.0 Å². The second kappa shape index (κ2) is 5.63. The zero-order valence-electron chi connectivity index (χ0n) is 15.3. The molecule has 4 aliphatic rings. The summed E-state index contributed by atoms with van der Waals surface area (Å²) in [6, 6.07) is 0.180. The monoisotopic (exact) mass is 357 g/mol. The predicted molar refractivity (Wildman–Crippen MR) is 98.2 cm³/mol. The van der Waals surface area contributed by atoms with Crippen LogP contribution in [0.2, 0.25) is 0 Å². The summed E-state index contributed by atoms with van der Waals surface area (Å²) in [6.07, 6.45) is 8.18. The maximum atomic E-state index is 13.2. The number of rotatable bonds is 3. The Labute approximate surface area is 153 Å². The van der Waals surface area contributed by atoms with Gasteiger partial charge in [0.2, 0.25) is 11.9 Å². The highest BCUT2D eigenvalue weighted by molar-refractivity contribution is 6.09. The molecule has 1 aromatic heterocycles. The summed E-state index contributed by atoms with van der Waals surface area (Å²) >= 11 is 0. The molecule has 5 rings (SSSR count). The van der Waals surface area contributed by atoms with Crippen LogP contribution in [0.3, 0.4) is 0 Å². The molecule has 3 fully saturated rings. The smallest absolute Gasteiger partial charge is 0.239 e. The van der Waals surface area contributed by atoms with Crippen molar-refractivity contribution in [2.45, 2.75) is 75.0 Å². The Hall–Kier alpha value is -1.73. The van der Waals surface area contributed by atoms with Crippen molar-refractivity contribution in [1.82, 2.24) is 15.3 Å². The van der Waals surface area contributed by atoms with Gasteiger partial charge < -0.3 is 15.7 Å². The quantitative estimate of drug-likeness (QED) is 0.756. The molecule has 1 saturated heterocycles. The summed E-state index contributed by atoms with van der Waals surface area (Å²) in [5.41, 5.74) is -0.302. The molecule has 2 unspecified atom stereocenters. The SMILES string of the molecule is CC1(O)CCCC1N1C(=O)C2(CC2)c2cnc(NC3CCNCC3)nc21. The van der Waals surface area contributed by atoms with Gasteiger partial charge in [0, 0.05) is 17.8 Å². The van der Waals surface area contributed by atoms with Gasteiger partial charge in [0.05, 0.1) is 17.1 Å². The van der Waals surface area contributed by atoms with E-state index in [0.29, 0.717) is 12.0 Å². The van der Waals surface area contributed by atoms with E-state index in [-0.39, 0.29) is 11.9 Å². The third kappa shape index (κ3) is 2.36. The van der Waals surface area contributed by atoms with Crippen LogP contribution in [0.5, 0.6) is 0 Å². The number of hydrogen-bond acceptors (Lipinski definition) is 6. The largest absolute Gasteiger partial charge is 0.388 e. The van der Waals surface area contributed by atoms with Crippen LogP contribution in [-0.2, 0) is 10.2 Å². The van der Waals surface area contributed by atoms with Gasteiger partial charge in [-0.05, 0) is 65.0 Å². The van der Waals surface area contributed by atoms with E-state index in [4.69, 9.17) is 4.98 Å². The molecular weight excluding hydrogens is 330 g/mol. The van der Waals surface area contributed by atoms with Crippen molar-refractivity contribution < 1.29 is 9.90 Å². The van der Waals surface area contributed by atoms with Crippen LogP contribution < -0.4 is 15.5 Å². The van der Waals surface area contributed by atoms with E-state index in [2.05, 4.69) is 15.6 Å². The van der Waals surface area contributed by atoms with Gasteiger partial charge in [0.1, 0.15) is 5.82 Å². The molecule has 2 aliphatic carbocycles. The number of fused-ring (bicyclic) bond motifs is 2. The number of aliphatic hydroxyl groups is 1. The number of piperidine rings is 1. The number of aromatic nitrogens is 2. The van der Waals surface area contributed by atoms with E-state index in [1.807, 2.05) is 18.0 Å². The first-order valence-electron chi connectivity index (χ1n) is 9.92. The molecule has 3 N–H and O–H groups in total. The van der Waals surface area contributed by atoms with Gasteiger partial charge >= 0.3 is 0 Å². The predicted octanol–water partition coefficient (Wildman–Crippen LogP) is 1.32. The van der Waals surface area contributed by atoms with Crippen LogP contribution in [0.4, 0.5) is 11.8 Å². The lowest BCUT2D eigenvalue weighted by Gasteiger charge is -2.34. The van der Waals surface area contributed by atoms with Gasteiger partial charge in [-0.25, -0.2) is 4.98 Å². The molecule has 0 radical (unpaired) electrons. The second-order valence-electron chi connectivity index (χ2n) is 8.62. The Morgan fingerprint density at radius 2 is 2.04 bits per heavy atom. The lowest BCUT2D eigenvalue weighted by molar-refractivity contribution is -0.121. The summed E-state index contributed by atoms with van der Waals surface area (Å²) in [7, 11) is 0. The number of nitrogens with one attached hydrogen (secondary N) is 2. The minimum atomic E-state index is -0.846. The van der Waals surface area contributed by atoms with E-state index in [1.54, 1.807) is 0 Å². The second-order valence-corrected chi connectivity index (χ2v) is 8.62. The van der Waals surface area contributed by atoms with Gasteiger partial charge in [0.15, 0.2) is 0 Å². The molecule has 1 amide bonds. The topological polar surface area (TPSA) is 90.4 Å². The first kappa shape index (κ1) is 16.4. The molecule has 7 nitrogen and oxygen atoms in total. The zero-order chi connectivity index (χ0) is 17.9. The maximum absolute atomic E-state index is 13.2. The van der Waals surface area contributed by atoms with Gasteiger partial charge in [-0.3, -0.25) is 9.69 Å². The Bertz CT molecular complexity index is 739. The van der Waals surface area contributed by atoms with Gasteiger partial charge in [-0.1, -0.05) is 0 Å². The average Bonchev–Trinajstić information content (AvgIpc) is 3.31. The third-order valence-electron chi connectivity index (χ3n) is 6.75. The lowest BCUT2D eigenvalue weighted by atomic mass is 9.98. The standard InChI is InChI=1S/C19H27N5O2/c1-18(26)6-2-3-14(18)24-15-13(19(7-8-19)16(24)25)11-21-17(23-15)22-12-4-9-20-10-5-12/h11-12,14,20,26H,2-10H2,1H3,(H,21,22,23). The maximum Gasteiger partial charge on any atom is 0.239 e. The molecule has 0 aromatic carbocycles. The van der Waals surface area contributed by atoms with E-state index in [0.717, 1.165) is 69.4 Å². The Balaban J connectivity index is 1.49. The normalized spacial score (nSPS) is 32.9. The van der Waals surface area contributed by atoms with Crippen LogP contribution in [0.1, 0.15) is 57.4 Å². The highest BCUT2D eigenvalue weighted by atomic mass is 16.3. The number of amides is 1. The summed E-state index contributed by atoms with van der Waals surface area (Å²) in [6.45, 7) is 3.85. The van der Waals surface area contributed by atoms with Gasteiger partial charge in [-0.15, -0.1) is 0 Å². The molecule has 2 aliphatic heterocycles. The van der Waals surface area contributed by atoms with Crippen molar-refractivity contribution in [2.75, 3.05) is 23.3 Å². The first-order valence-corrected chi connectivity index (χ1v) is 9.92. The van der Waals surface area contributed by atoms with E-state index in [1.165, 1.54) is 0 Å². The van der Waals surface area contributed by atoms with Crippen LogP contribution in [0.25, 0.3) is 0 Å². The number of carbonyl (C=O) groups is 1. The van der Waals surface area contributed by atoms with Gasteiger partial charge in [-0.2, -0.15) is 4.98 Å². The molecule has 7 heteroatoms. The van der Waals surface area contributed by atoms with Crippen LogP contribution in [0.15, 0.2) is 6.20 Å². The van der Waals surface area contributed by atoms with Crippen molar-refractivity contribution in [3.05, 3.63) is 11.8 Å². The molecule has 2 atom stereocenters. The minimum absolute atomic E-state index is 0.119. The molecular formula is C19H27N5O2. The highest BCUT2D eigenvalue weighted by Gasteiger charge is 2.63. The fraction of sp³-hybridized carbons (Fsp3) is 0.737. The molecule has 1 spiro atoms. The van der Waals surface area contributed by atoms with Crippen LogP contribution >= 0.6 is 0 Å². The van der Waals surface area contributed by atoms with Crippen molar-refractivity contribution in [3.63, 3.8) is 0 Å². The summed E-state index contributed by atoms with van der Waals surface area (Å²) in [5, 5.41) is 17.6. The van der Waals surface area contributed by atoms with Crippen LogP contribution in [0, 0.1) is 0 Å². The Kier molecular flexibility index (Phi) is 3.56. The Morgan fingerprint density at radius 3 is 2.69 bits per heavy atom. The summed E-state index contributed by atoms with van der Waals surface area (Å²) in [4.78, 5) is 24.4. The summed E-state index contributed by atoms with van der Waals surface area (Å²) < 4.78 is 0. The highest BCUT2D eigenvalue weighted by Crippen LogP contribution is 2.58. The molecule has 1 aromatic rings. The van der Waals surface area contributed by atoms with Crippen LogP contribution in [-0.4, -0.2) is 51.8 Å². The van der Waals surface area contributed by atoms with Gasteiger partial charge in [0.25, 0.3) is 0 Å². The molecule has 3 heterocycles.